The Balaban J connectivity index is 2.99. The van der Waals surface area contributed by atoms with Gasteiger partial charge in [-0.1, -0.05) is 18.5 Å². The molecule has 110 valence electrons. The van der Waals surface area contributed by atoms with Crippen molar-refractivity contribution >= 4 is 39.3 Å². The Labute approximate surface area is 132 Å². The zero-order valence-corrected chi connectivity index (χ0v) is 14.0. The minimum atomic E-state index is -0.291. The standard InChI is InChI=1S/C13H17BrClN3O2/c1-4-5-18(8-11(19)17(2)3)13(20)10-6-9(14)7-16-12(10)15/h6-7H,4-5,8H2,1-3H3. The lowest BCUT2D eigenvalue weighted by Gasteiger charge is -2.23. The van der Waals surface area contributed by atoms with E-state index >= 15 is 0 Å². The Morgan fingerprint density at radius 2 is 2.05 bits per heavy atom. The first-order valence-electron chi connectivity index (χ1n) is 6.17. The second-order valence-electron chi connectivity index (χ2n) is 4.51. The molecule has 1 aromatic heterocycles. The third-order valence-corrected chi connectivity index (χ3v) is 3.38. The Morgan fingerprint density at radius 1 is 1.40 bits per heavy atom. The van der Waals surface area contributed by atoms with Gasteiger partial charge in [-0.2, -0.15) is 0 Å². The molecule has 0 bridgehead atoms. The summed E-state index contributed by atoms with van der Waals surface area (Å²) in [6.07, 6.45) is 2.28. The highest BCUT2D eigenvalue weighted by molar-refractivity contribution is 9.10. The van der Waals surface area contributed by atoms with Crippen molar-refractivity contribution in [3.8, 4) is 0 Å². The molecule has 0 saturated heterocycles. The summed E-state index contributed by atoms with van der Waals surface area (Å²) in [6, 6.07) is 1.61. The molecule has 1 heterocycles. The maximum atomic E-state index is 12.5. The molecule has 0 aromatic carbocycles. The van der Waals surface area contributed by atoms with Crippen LogP contribution in [0.15, 0.2) is 16.7 Å². The van der Waals surface area contributed by atoms with E-state index in [4.69, 9.17) is 11.6 Å². The molecule has 0 radical (unpaired) electrons. The Kier molecular flexibility index (Phi) is 6.42. The predicted octanol–water partition coefficient (Wildman–Crippen LogP) is 2.44. The molecule has 20 heavy (non-hydrogen) atoms. The second kappa shape index (κ2) is 7.59. The number of carbonyl (C=O) groups is 2. The van der Waals surface area contributed by atoms with Crippen LogP contribution in [0, 0.1) is 0 Å². The number of likely N-dealkylation sites (N-methyl/N-ethyl adjacent to an activating group) is 1. The van der Waals surface area contributed by atoms with Crippen LogP contribution in [0.1, 0.15) is 23.7 Å². The van der Waals surface area contributed by atoms with Crippen LogP contribution in [0.3, 0.4) is 0 Å². The summed E-state index contributed by atoms with van der Waals surface area (Å²) >= 11 is 9.22. The van der Waals surface area contributed by atoms with Crippen molar-refractivity contribution < 1.29 is 9.59 Å². The minimum absolute atomic E-state index is 0.0303. The summed E-state index contributed by atoms with van der Waals surface area (Å²) in [5, 5.41) is 0.136. The van der Waals surface area contributed by atoms with Gasteiger partial charge in [0.15, 0.2) is 0 Å². The van der Waals surface area contributed by atoms with E-state index in [1.165, 1.54) is 16.0 Å². The quantitative estimate of drug-likeness (QED) is 0.756. The number of hydrogen-bond acceptors (Lipinski definition) is 3. The van der Waals surface area contributed by atoms with E-state index in [2.05, 4.69) is 20.9 Å². The van der Waals surface area contributed by atoms with Crippen molar-refractivity contribution in [1.82, 2.24) is 14.8 Å². The molecule has 7 heteroatoms. The molecule has 0 saturated carbocycles. The van der Waals surface area contributed by atoms with E-state index in [1.807, 2.05) is 6.92 Å². The smallest absolute Gasteiger partial charge is 0.257 e. The summed E-state index contributed by atoms with van der Waals surface area (Å²) in [5.41, 5.74) is 0.293. The first-order valence-corrected chi connectivity index (χ1v) is 7.34. The molecule has 0 N–H and O–H groups in total. The van der Waals surface area contributed by atoms with Crippen LogP contribution in [0.4, 0.5) is 0 Å². The van der Waals surface area contributed by atoms with Gasteiger partial charge in [-0.25, -0.2) is 4.98 Å². The van der Waals surface area contributed by atoms with Gasteiger partial charge in [0.25, 0.3) is 5.91 Å². The maximum Gasteiger partial charge on any atom is 0.257 e. The SMILES string of the molecule is CCCN(CC(=O)N(C)C)C(=O)c1cc(Br)cnc1Cl. The van der Waals surface area contributed by atoms with E-state index in [9.17, 15) is 9.59 Å². The van der Waals surface area contributed by atoms with E-state index in [1.54, 1.807) is 20.2 Å². The Morgan fingerprint density at radius 3 is 2.60 bits per heavy atom. The van der Waals surface area contributed by atoms with Crippen LogP contribution in [-0.2, 0) is 4.79 Å². The average molecular weight is 363 g/mol. The van der Waals surface area contributed by atoms with E-state index < -0.39 is 0 Å². The zero-order chi connectivity index (χ0) is 15.3. The van der Waals surface area contributed by atoms with Gasteiger partial charge >= 0.3 is 0 Å². The number of nitrogens with zero attached hydrogens (tertiary/aromatic N) is 3. The Bertz CT molecular complexity index is 508. The summed E-state index contributed by atoms with van der Waals surface area (Å²) in [4.78, 5) is 31.1. The topological polar surface area (TPSA) is 53.5 Å². The molecule has 0 aliphatic carbocycles. The number of pyridine rings is 1. The maximum absolute atomic E-state index is 12.5. The fourth-order valence-electron chi connectivity index (χ4n) is 1.57. The van der Waals surface area contributed by atoms with Crippen LogP contribution >= 0.6 is 27.5 Å². The van der Waals surface area contributed by atoms with Crippen molar-refractivity contribution in [2.24, 2.45) is 0 Å². The van der Waals surface area contributed by atoms with Crippen LogP contribution < -0.4 is 0 Å². The molecule has 0 unspecified atom stereocenters. The molecular formula is C13H17BrClN3O2. The molecule has 2 amide bonds. The number of carbonyl (C=O) groups excluding carboxylic acids is 2. The van der Waals surface area contributed by atoms with Crippen LogP contribution in [-0.4, -0.2) is 53.8 Å². The monoisotopic (exact) mass is 361 g/mol. The fourth-order valence-corrected chi connectivity index (χ4v) is 2.09. The van der Waals surface area contributed by atoms with Gasteiger partial charge in [-0.3, -0.25) is 9.59 Å². The predicted molar refractivity (Wildman–Crippen MR) is 81.8 cm³/mol. The Hall–Kier alpha value is -1.14. The molecule has 0 aliphatic heterocycles. The van der Waals surface area contributed by atoms with Gasteiger partial charge in [-0.15, -0.1) is 0 Å². The zero-order valence-electron chi connectivity index (χ0n) is 11.7. The number of halogens is 2. The molecule has 0 spiro atoms. The molecule has 0 atom stereocenters. The number of amides is 2. The van der Waals surface area contributed by atoms with Crippen molar-refractivity contribution in [2.45, 2.75) is 13.3 Å². The molecular weight excluding hydrogens is 346 g/mol. The lowest BCUT2D eigenvalue weighted by molar-refractivity contribution is -0.129. The highest BCUT2D eigenvalue weighted by atomic mass is 79.9. The van der Waals surface area contributed by atoms with Crippen molar-refractivity contribution in [2.75, 3.05) is 27.2 Å². The summed E-state index contributed by atoms with van der Waals surface area (Å²) < 4.78 is 0.667. The first kappa shape index (κ1) is 16.9. The summed E-state index contributed by atoms with van der Waals surface area (Å²) in [6.45, 7) is 2.46. The third-order valence-electron chi connectivity index (χ3n) is 2.64. The molecule has 1 rings (SSSR count). The largest absolute Gasteiger partial charge is 0.347 e. The fraction of sp³-hybridized carbons (Fsp3) is 0.462. The molecule has 5 nitrogen and oxygen atoms in total. The van der Waals surface area contributed by atoms with E-state index in [0.717, 1.165) is 6.42 Å². The van der Waals surface area contributed by atoms with Crippen molar-refractivity contribution in [3.63, 3.8) is 0 Å². The summed E-state index contributed by atoms with van der Waals surface area (Å²) in [5.74, 6) is -0.424. The second-order valence-corrected chi connectivity index (χ2v) is 5.78. The third kappa shape index (κ3) is 4.45. The van der Waals surface area contributed by atoms with E-state index in [0.29, 0.717) is 16.6 Å². The van der Waals surface area contributed by atoms with Crippen LogP contribution in [0.2, 0.25) is 5.15 Å². The molecule has 1 aromatic rings. The highest BCUT2D eigenvalue weighted by Crippen LogP contribution is 2.20. The van der Waals surface area contributed by atoms with Gasteiger partial charge in [0.1, 0.15) is 11.7 Å². The van der Waals surface area contributed by atoms with Crippen molar-refractivity contribution in [1.29, 1.82) is 0 Å². The van der Waals surface area contributed by atoms with Crippen molar-refractivity contribution in [3.05, 3.63) is 27.5 Å². The van der Waals surface area contributed by atoms with Gasteiger partial charge in [0.05, 0.1) is 5.56 Å². The number of hydrogen-bond donors (Lipinski definition) is 0. The lowest BCUT2D eigenvalue weighted by Crippen LogP contribution is -2.40. The average Bonchev–Trinajstić information content (AvgIpc) is 2.40. The molecule has 0 aliphatic rings. The summed E-state index contributed by atoms with van der Waals surface area (Å²) in [7, 11) is 3.31. The van der Waals surface area contributed by atoms with E-state index in [-0.39, 0.29) is 23.5 Å². The van der Waals surface area contributed by atoms with Gasteiger partial charge in [-0.05, 0) is 28.4 Å². The van der Waals surface area contributed by atoms with Crippen LogP contribution in [0.5, 0.6) is 0 Å². The normalized spacial score (nSPS) is 10.2. The highest BCUT2D eigenvalue weighted by Gasteiger charge is 2.21. The van der Waals surface area contributed by atoms with Gasteiger partial charge in [0.2, 0.25) is 5.91 Å². The number of rotatable bonds is 5. The van der Waals surface area contributed by atoms with Crippen LogP contribution in [0.25, 0.3) is 0 Å². The lowest BCUT2D eigenvalue weighted by atomic mass is 10.2. The first-order chi connectivity index (χ1) is 9.36. The molecule has 0 fully saturated rings. The van der Waals surface area contributed by atoms with Gasteiger partial charge in [0, 0.05) is 31.3 Å². The van der Waals surface area contributed by atoms with Gasteiger partial charge < -0.3 is 9.80 Å². The minimum Gasteiger partial charge on any atom is -0.347 e. The number of aromatic nitrogens is 1.